The summed E-state index contributed by atoms with van der Waals surface area (Å²) < 4.78 is 5.84. The van der Waals surface area contributed by atoms with Gasteiger partial charge in [0.05, 0.1) is 6.42 Å². The fraction of sp³-hybridized carbons (Fsp3) is 0.698. The third-order valence-electron chi connectivity index (χ3n) is 12.6. The molecule has 11 nitrogen and oxygen atoms in total. The summed E-state index contributed by atoms with van der Waals surface area (Å²) in [5.74, 6) is 0.998. The number of piperidine rings is 1. The van der Waals surface area contributed by atoms with Gasteiger partial charge in [-0.15, -0.1) is 0 Å². The van der Waals surface area contributed by atoms with Crippen LogP contribution in [0.25, 0.3) is 0 Å². The van der Waals surface area contributed by atoms with E-state index in [1.54, 1.807) is 4.90 Å². The Morgan fingerprint density at radius 1 is 0.547 bits per heavy atom. The summed E-state index contributed by atoms with van der Waals surface area (Å²) in [6, 6.07) is 17.1. The van der Waals surface area contributed by atoms with Crippen molar-refractivity contribution < 1.29 is 23.9 Å². The highest BCUT2D eigenvalue weighted by molar-refractivity contribution is 5.89. The molecular weight excluding hydrogens is 801 g/mol. The van der Waals surface area contributed by atoms with Crippen molar-refractivity contribution >= 4 is 23.6 Å². The van der Waals surface area contributed by atoms with E-state index in [2.05, 4.69) is 17.6 Å². The normalized spacial score (nSPS) is 15.9. The number of amides is 4. The van der Waals surface area contributed by atoms with Crippen LogP contribution in [-0.2, 0) is 32.2 Å². The number of nitrogens with two attached hydrogens (primary N) is 2. The molecule has 2 aliphatic heterocycles. The number of unbranched alkanes of at least 4 members (excludes halogenated alkanes) is 17. The van der Waals surface area contributed by atoms with E-state index in [-0.39, 0.29) is 35.7 Å². The Kier molecular flexibility index (Phi) is 30.0. The standard InChI is InChI=1S/C28H39N3O3.C25H49N3O2/c29-18-8-2-1-3-9-19-30-28(33)26-13-7-10-20-31(26)27(32)21-23-14-16-25(17-15-23)34-22-24-11-5-4-6-12-24;1-2-3-4-5-6-7-8-9-11-14-19-24(29)28-22-17-18-23(28)25(30)27-21-16-13-10-12-15-20-26/h4-6,11-12,14-17,26H,1-3,7-10,13,18-22,29H2,(H,30,33);23H,2-22,26H2,1H3,(H,27,30). The molecule has 0 aromatic heterocycles. The van der Waals surface area contributed by atoms with Gasteiger partial charge in [0.1, 0.15) is 24.4 Å². The number of benzene rings is 2. The second kappa shape index (κ2) is 35.3. The quantitative estimate of drug-likeness (QED) is 0.0533. The summed E-state index contributed by atoms with van der Waals surface area (Å²) in [6.45, 7) is 7.06. The zero-order chi connectivity index (χ0) is 45.9. The highest BCUT2D eigenvalue weighted by atomic mass is 16.5. The van der Waals surface area contributed by atoms with Crippen LogP contribution in [0.5, 0.6) is 5.75 Å². The molecule has 2 heterocycles. The van der Waals surface area contributed by atoms with Gasteiger partial charge in [0.25, 0.3) is 0 Å². The van der Waals surface area contributed by atoms with Crippen LogP contribution in [0.15, 0.2) is 54.6 Å². The molecule has 0 radical (unpaired) electrons. The van der Waals surface area contributed by atoms with Crippen molar-refractivity contribution in [1.29, 1.82) is 0 Å². The largest absolute Gasteiger partial charge is 0.489 e. The minimum absolute atomic E-state index is 0.0135. The summed E-state index contributed by atoms with van der Waals surface area (Å²) in [7, 11) is 0. The number of ether oxygens (including phenoxy) is 1. The predicted molar refractivity (Wildman–Crippen MR) is 262 cm³/mol. The lowest BCUT2D eigenvalue weighted by atomic mass is 10.00. The molecule has 6 N–H and O–H groups in total. The Morgan fingerprint density at radius 3 is 1.59 bits per heavy atom. The molecule has 360 valence electrons. The molecule has 2 fully saturated rings. The molecule has 2 unspecified atom stereocenters. The van der Waals surface area contributed by atoms with E-state index in [1.807, 2.05) is 59.5 Å². The van der Waals surface area contributed by atoms with E-state index >= 15 is 0 Å². The van der Waals surface area contributed by atoms with Crippen LogP contribution in [0.2, 0.25) is 0 Å². The molecule has 4 rings (SSSR count). The van der Waals surface area contributed by atoms with Crippen LogP contribution in [0, 0.1) is 0 Å². The van der Waals surface area contributed by atoms with Gasteiger partial charge >= 0.3 is 0 Å². The first-order valence-corrected chi connectivity index (χ1v) is 25.7. The first kappa shape index (κ1) is 54.4. The van der Waals surface area contributed by atoms with Gasteiger partial charge in [-0.05, 0) is 101 Å². The number of nitrogens with zero attached hydrogens (tertiary/aromatic N) is 2. The number of hydrogen-bond acceptors (Lipinski definition) is 7. The van der Waals surface area contributed by atoms with Crippen molar-refractivity contribution in [2.45, 2.75) is 199 Å². The van der Waals surface area contributed by atoms with Gasteiger partial charge in [-0.1, -0.05) is 146 Å². The summed E-state index contributed by atoms with van der Waals surface area (Å²) >= 11 is 0. The Labute approximate surface area is 388 Å². The topological polar surface area (TPSA) is 160 Å². The molecule has 4 amide bonds. The van der Waals surface area contributed by atoms with Gasteiger partial charge in [0.15, 0.2) is 0 Å². The molecule has 2 atom stereocenters. The van der Waals surface area contributed by atoms with Crippen molar-refractivity contribution in [2.75, 3.05) is 39.3 Å². The van der Waals surface area contributed by atoms with Crippen LogP contribution in [0.4, 0.5) is 0 Å². The molecule has 0 saturated carbocycles. The number of nitrogens with one attached hydrogen (secondary N) is 2. The van der Waals surface area contributed by atoms with Gasteiger partial charge in [-0.2, -0.15) is 0 Å². The number of hydrogen-bond donors (Lipinski definition) is 4. The van der Waals surface area contributed by atoms with Crippen molar-refractivity contribution in [1.82, 2.24) is 20.4 Å². The monoisotopic (exact) mass is 889 g/mol. The SMILES string of the molecule is CCCCCCCCCCCCC(=O)N1CCCC1C(=O)NCCCCCCCN.NCCCCCCCNC(=O)C1CCCCN1C(=O)Cc1ccc(OCc2ccccc2)cc1. The Hall–Kier alpha value is -3.96. The maximum absolute atomic E-state index is 13.1. The summed E-state index contributed by atoms with van der Waals surface area (Å²) in [6.07, 6.45) is 29.1. The summed E-state index contributed by atoms with van der Waals surface area (Å²) in [5, 5.41) is 6.10. The number of carbonyl (C=O) groups excluding carboxylic acids is 4. The zero-order valence-corrected chi connectivity index (χ0v) is 40.0. The van der Waals surface area contributed by atoms with E-state index in [1.165, 1.54) is 64.2 Å². The van der Waals surface area contributed by atoms with Crippen LogP contribution in [-0.4, -0.2) is 84.8 Å². The average Bonchev–Trinajstić information content (AvgIpc) is 3.82. The molecule has 2 aromatic rings. The highest BCUT2D eigenvalue weighted by Crippen LogP contribution is 2.22. The van der Waals surface area contributed by atoms with Gasteiger partial charge in [-0.3, -0.25) is 19.2 Å². The Balaban J connectivity index is 0.000000344. The molecule has 0 bridgehead atoms. The third-order valence-corrected chi connectivity index (χ3v) is 12.6. The Bertz CT molecular complexity index is 1520. The van der Waals surface area contributed by atoms with Gasteiger partial charge in [-0.25, -0.2) is 0 Å². The lowest BCUT2D eigenvalue weighted by Crippen LogP contribution is -2.52. The van der Waals surface area contributed by atoms with Crippen LogP contribution >= 0.6 is 0 Å². The molecule has 2 aliphatic rings. The number of likely N-dealkylation sites (tertiary alicyclic amines) is 2. The van der Waals surface area contributed by atoms with E-state index in [4.69, 9.17) is 16.2 Å². The molecule has 2 aromatic carbocycles. The van der Waals surface area contributed by atoms with Crippen molar-refractivity contribution in [3.8, 4) is 5.75 Å². The lowest BCUT2D eigenvalue weighted by molar-refractivity contribution is -0.141. The fourth-order valence-corrected chi connectivity index (χ4v) is 8.73. The van der Waals surface area contributed by atoms with E-state index in [9.17, 15) is 19.2 Å². The summed E-state index contributed by atoms with van der Waals surface area (Å²) in [4.78, 5) is 54.6. The van der Waals surface area contributed by atoms with Gasteiger partial charge in [0.2, 0.25) is 23.6 Å². The van der Waals surface area contributed by atoms with Crippen LogP contribution in [0.3, 0.4) is 0 Å². The first-order valence-electron chi connectivity index (χ1n) is 25.7. The molecule has 0 aliphatic carbocycles. The van der Waals surface area contributed by atoms with Gasteiger partial charge in [0, 0.05) is 32.6 Å². The van der Waals surface area contributed by atoms with Crippen LogP contribution < -0.4 is 26.8 Å². The minimum Gasteiger partial charge on any atom is -0.489 e. The maximum Gasteiger partial charge on any atom is 0.242 e. The van der Waals surface area contributed by atoms with E-state index in [0.29, 0.717) is 32.5 Å². The third kappa shape index (κ3) is 23.3. The smallest absolute Gasteiger partial charge is 0.242 e. The van der Waals surface area contributed by atoms with Crippen LogP contribution in [0.1, 0.15) is 185 Å². The van der Waals surface area contributed by atoms with E-state index in [0.717, 1.165) is 139 Å². The first-order chi connectivity index (χ1) is 31.4. The zero-order valence-electron chi connectivity index (χ0n) is 40.0. The second-order valence-corrected chi connectivity index (χ2v) is 18.1. The molecule has 0 spiro atoms. The maximum atomic E-state index is 13.1. The molecular formula is C53H88N6O5. The predicted octanol–water partition coefficient (Wildman–Crippen LogP) is 9.53. The lowest BCUT2D eigenvalue weighted by Gasteiger charge is -2.35. The highest BCUT2D eigenvalue weighted by Gasteiger charge is 2.34. The summed E-state index contributed by atoms with van der Waals surface area (Å²) in [5.41, 5.74) is 13.1. The minimum atomic E-state index is -0.355. The van der Waals surface area contributed by atoms with Crippen molar-refractivity contribution in [3.05, 3.63) is 65.7 Å². The number of carbonyl (C=O) groups is 4. The second-order valence-electron chi connectivity index (χ2n) is 18.1. The molecule has 64 heavy (non-hydrogen) atoms. The Morgan fingerprint density at radius 2 is 1.03 bits per heavy atom. The average molecular weight is 889 g/mol. The fourth-order valence-electron chi connectivity index (χ4n) is 8.73. The van der Waals surface area contributed by atoms with Crippen molar-refractivity contribution in [2.24, 2.45) is 11.5 Å². The van der Waals surface area contributed by atoms with E-state index < -0.39 is 0 Å². The number of rotatable bonds is 32. The van der Waals surface area contributed by atoms with Crippen molar-refractivity contribution in [3.63, 3.8) is 0 Å². The van der Waals surface area contributed by atoms with Gasteiger partial charge < -0.3 is 36.6 Å². The molecule has 11 heteroatoms. The molecule has 2 saturated heterocycles.